The van der Waals surface area contributed by atoms with Crippen molar-refractivity contribution in [2.24, 2.45) is 5.64 Å². The van der Waals surface area contributed by atoms with Gasteiger partial charge in [0.2, 0.25) is 5.91 Å². The van der Waals surface area contributed by atoms with Crippen molar-refractivity contribution in [1.82, 2.24) is 5.32 Å². The Labute approximate surface area is 105 Å². The van der Waals surface area contributed by atoms with Crippen LogP contribution in [0, 0.1) is 0 Å². The molecule has 0 aliphatic rings. The molecule has 0 aromatic heterocycles. The van der Waals surface area contributed by atoms with Crippen LogP contribution in [0.5, 0.6) is 0 Å². The summed E-state index contributed by atoms with van der Waals surface area (Å²) >= 11 is 5.73. The second-order valence-corrected chi connectivity index (χ2v) is 4.48. The van der Waals surface area contributed by atoms with Crippen LogP contribution in [0.15, 0.2) is 24.3 Å². The van der Waals surface area contributed by atoms with Crippen molar-refractivity contribution in [1.29, 1.82) is 0 Å². The maximum Gasteiger partial charge on any atom is 0.329 e. The minimum atomic E-state index is -3.12. The quantitative estimate of drug-likeness (QED) is 0.562. The number of benzene rings is 1. The molecule has 0 bridgehead atoms. The molecule has 1 aromatic rings. The summed E-state index contributed by atoms with van der Waals surface area (Å²) in [6.07, 6.45) is 0.222. The van der Waals surface area contributed by atoms with E-state index in [0.29, 0.717) is 5.02 Å². The van der Waals surface area contributed by atoms with E-state index < -0.39 is 12.6 Å². The van der Waals surface area contributed by atoms with Gasteiger partial charge >= 0.3 is 6.69 Å². The van der Waals surface area contributed by atoms with Gasteiger partial charge in [-0.05, 0) is 30.1 Å². The van der Waals surface area contributed by atoms with E-state index in [1.165, 1.54) is 6.92 Å². The van der Waals surface area contributed by atoms with Crippen LogP contribution < -0.4 is 11.0 Å². The Balaban J connectivity index is 2.79. The number of hydrogen-bond donors (Lipinski definition) is 4. The molecule has 5 N–H and O–H groups in total. The van der Waals surface area contributed by atoms with Crippen LogP contribution in [0.25, 0.3) is 0 Å². The van der Waals surface area contributed by atoms with Crippen molar-refractivity contribution >= 4 is 24.2 Å². The first-order valence-electron chi connectivity index (χ1n) is 5.20. The monoisotopic (exact) mass is 257 g/mol. The van der Waals surface area contributed by atoms with Gasteiger partial charge in [-0.3, -0.25) is 4.79 Å². The molecular weight excluding hydrogens is 242 g/mol. The third-order valence-electron chi connectivity index (χ3n) is 2.35. The summed E-state index contributed by atoms with van der Waals surface area (Å²) in [5.41, 5.74) is 6.04. The van der Waals surface area contributed by atoms with E-state index in [1.807, 2.05) is 0 Å². The van der Waals surface area contributed by atoms with E-state index in [0.717, 1.165) is 5.56 Å². The Bertz CT molecular complexity index is 392. The van der Waals surface area contributed by atoms with E-state index in [1.54, 1.807) is 24.3 Å². The molecule has 0 saturated heterocycles. The number of hydrogen-bond acceptors (Lipinski definition) is 4. The third-order valence-corrected chi connectivity index (χ3v) is 2.60. The standard InChI is InChI=1S/C10H15BClN2O3/c1-7(15)14-10(11(13,16)17)6-8-2-4-9(12)5-3-8/h2-5,10,16-17H,6,13H2,1H3,(H,14,15)/q-1/t10-/m1/s1. The molecule has 0 radical (unpaired) electrons. The number of carbonyl (C=O) groups excluding carboxylic acids is 1. The molecule has 0 saturated carbocycles. The van der Waals surface area contributed by atoms with Gasteiger partial charge in [0, 0.05) is 11.9 Å². The van der Waals surface area contributed by atoms with Gasteiger partial charge in [-0.15, -0.1) is 0 Å². The molecule has 7 heteroatoms. The molecule has 0 aliphatic carbocycles. The van der Waals surface area contributed by atoms with E-state index in [9.17, 15) is 14.8 Å². The molecule has 0 fully saturated rings. The smallest absolute Gasteiger partial charge is 0.329 e. The second-order valence-electron chi connectivity index (χ2n) is 4.04. The largest absolute Gasteiger partial charge is 0.569 e. The maximum absolute atomic E-state index is 10.9. The fourth-order valence-corrected chi connectivity index (χ4v) is 1.61. The average molecular weight is 258 g/mol. The lowest BCUT2D eigenvalue weighted by atomic mass is 9.63. The molecular formula is C10H15BClN2O3-. The summed E-state index contributed by atoms with van der Waals surface area (Å²) in [4.78, 5) is 10.9. The van der Waals surface area contributed by atoms with Crippen molar-refractivity contribution < 1.29 is 14.8 Å². The zero-order valence-corrected chi connectivity index (χ0v) is 10.2. The number of nitrogens with one attached hydrogen (secondary N) is 1. The summed E-state index contributed by atoms with van der Waals surface area (Å²) in [6, 6.07) is 6.83. The molecule has 1 amide bonds. The van der Waals surface area contributed by atoms with Gasteiger partial charge in [-0.2, -0.15) is 0 Å². The Morgan fingerprint density at radius 3 is 2.41 bits per heavy atom. The summed E-state index contributed by atoms with van der Waals surface area (Å²) in [5, 5.41) is 21.8. The lowest BCUT2D eigenvalue weighted by Crippen LogP contribution is -2.64. The molecule has 5 nitrogen and oxygen atoms in total. The summed E-state index contributed by atoms with van der Waals surface area (Å²) < 4.78 is 0. The van der Waals surface area contributed by atoms with Crippen LogP contribution in [-0.4, -0.2) is 28.6 Å². The van der Waals surface area contributed by atoms with E-state index in [-0.39, 0.29) is 12.3 Å². The van der Waals surface area contributed by atoms with Crippen molar-refractivity contribution in [2.75, 3.05) is 0 Å². The first-order valence-corrected chi connectivity index (χ1v) is 5.58. The highest BCUT2D eigenvalue weighted by atomic mass is 35.5. The molecule has 1 rings (SSSR count). The van der Waals surface area contributed by atoms with Gasteiger partial charge in [0.1, 0.15) is 0 Å². The molecule has 94 valence electrons. The molecule has 0 unspecified atom stereocenters. The fraction of sp³-hybridized carbons (Fsp3) is 0.300. The molecule has 17 heavy (non-hydrogen) atoms. The highest BCUT2D eigenvalue weighted by Gasteiger charge is 2.27. The number of amides is 1. The normalized spacial score (nSPS) is 13.2. The van der Waals surface area contributed by atoms with Crippen LogP contribution in [0.4, 0.5) is 0 Å². The van der Waals surface area contributed by atoms with Crippen LogP contribution in [0.2, 0.25) is 5.02 Å². The van der Waals surface area contributed by atoms with Crippen molar-refractivity contribution in [3.8, 4) is 0 Å². The van der Waals surface area contributed by atoms with Crippen molar-refractivity contribution in [2.45, 2.75) is 19.3 Å². The fourth-order valence-electron chi connectivity index (χ4n) is 1.48. The van der Waals surface area contributed by atoms with Gasteiger partial charge in [0.25, 0.3) is 0 Å². The predicted molar refractivity (Wildman–Crippen MR) is 67.1 cm³/mol. The lowest BCUT2D eigenvalue weighted by molar-refractivity contribution is -0.119. The highest BCUT2D eigenvalue weighted by molar-refractivity contribution is 6.63. The van der Waals surface area contributed by atoms with Crippen molar-refractivity contribution in [3.05, 3.63) is 34.9 Å². The van der Waals surface area contributed by atoms with Gasteiger partial charge in [0.15, 0.2) is 0 Å². The summed E-state index contributed by atoms with van der Waals surface area (Å²) in [6.45, 7) is -1.83. The predicted octanol–water partition coefficient (Wildman–Crippen LogP) is -0.191. The SMILES string of the molecule is CC(=O)N[C@H](Cc1ccc(Cl)cc1)[B-](N)(O)O. The minimum absolute atomic E-state index is 0.222. The Morgan fingerprint density at radius 1 is 1.47 bits per heavy atom. The second kappa shape index (κ2) is 5.51. The number of carbonyl (C=O) groups is 1. The zero-order valence-electron chi connectivity index (χ0n) is 9.43. The van der Waals surface area contributed by atoms with Crippen molar-refractivity contribution in [3.63, 3.8) is 0 Å². The third kappa shape index (κ3) is 4.74. The topological polar surface area (TPSA) is 95.6 Å². The Morgan fingerprint density at radius 2 is 2.00 bits per heavy atom. The summed E-state index contributed by atoms with van der Waals surface area (Å²) in [7, 11) is 0. The van der Waals surface area contributed by atoms with Gasteiger partial charge in [-0.25, -0.2) is 0 Å². The zero-order chi connectivity index (χ0) is 13.1. The maximum atomic E-state index is 10.9. The molecule has 0 spiro atoms. The first kappa shape index (κ1) is 14.0. The van der Waals surface area contributed by atoms with E-state index in [4.69, 9.17) is 17.2 Å². The summed E-state index contributed by atoms with van der Waals surface area (Å²) in [5.74, 6) is -1.29. The molecule has 0 aliphatic heterocycles. The van der Waals surface area contributed by atoms with Crippen LogP contribution in [-0.2, 0) is 11.2 Å². The molecule has 1 atom stereocenters. The van der Waals surface area contributed by atoms with E-state index >= 15 is 0 Å². The number of halogens is 1. The Hall–Kier alpha value is -1.08. The Kier molecular flexibility index (Phi) is 4.53. The van der Waals surface area contributed by atoms with E-state index in [2.05, 4.69) is 5.32 Å². The molecule has 1 aromatic carbocycles. The van der Waals surface area contributed by atoms with Crippen LogP contribution in [0.3, 0.4) is 0 Å². The lowest BCUT2D eigenvalue weighted by Gasteiger charge is -2.33. The van der Waals surface area contributed by atoms with Crippen LogP contribution in [0.1, 0.15) is 12.5 Å². The molecule has 0 heterocycles. The number of nitrogens with two attached hydrogens (primary N) is 1. The highest BCUT2D eigenvalue weighted by Crippen LogP contribution is 2.12. The first-order chi connectivity index (χ1) is 7.79. The van der Waals surface area contributed by atoms with Crippen LogP contribution >= 0.6 is 11.6 Å². The number of rotatable bonds is 4. The minimum Gasteiger partial charge on any atom is -0.569 e. The van der Waals surface area contributed by atoms with Gasteiger partial charge in [-0.1, -0.05) is 23.7 Å². The van der Waals surface area contributed by atoms with Gasteiger partial charge < -0.3 is 21.0 Å². The van der Waals surface area contributed by atoms with Gasteiger partial charge in [0.05, 0.1) is 0 Å². The average Bonchev–Trinajstić information content (AvgIpc) is 2.18.